The lowest BCUT2D eigenvalue weighted by Crippen LogP contribution is -2.12. The first kappa shape index (κ1) is 20.5. The average Bonchev–Trinajstić information content (AvgIpc) is 2.76. The Bertz CT molecular complexity index is 880. The van der Waals surface area contributed by atoms with Crippen LogP contribution in [0.15, 0.2) is 47.5 Å². The molecule has 0 aliphatic heterocycles. The summed E-state index contributed by atoms with van der Waals surface area (Å²) < 4.78 is 21.3. The van der Waals surface area contributed by atoms with Crippen LogP contribution in [0.4, 0.5) is 0 Å². The molecule has 1 aliphatic rings. The minimum atomic E-state index is 0.0841. The van der Waals surface area contributed by atoms with Gasteiger partial charge in [-0.3, -0.25) is 4.79 Å². The van der Waals surface area contributed by atoms with Crippen LogP contribution < -0.4 is 18.9 Å². The van der Waals surface area contributed by atoms with Crippen LogP contribution in [0.25, 0.3) is 12.2 Å². The van der Waals surface area contributed by atoms with Crippen LogP contribution in [0.1, 0.15) is 30.4 Å². The average molecular weight is 394 g/mol. The number of allylic oxidation sites excluding steroid dienone is 2. The van der Waals surface area contributed by atoms with Gasteiger partial charge in [0, 0.05) is 11.1 Å². The van der Waals surface area contributed by atoms with Gasteiger partial charge in [-0.2, -0.15) is 0 Å². The van der Waals surface area contributed by atoms with Gasteiger partial charge >= 0.3 is 0 Å². The number of Topliss-reactive ketones (excluding diaryl/α,β-unsaturated/α-hetero) is 1. The molecule has 0 radical (unpaired) electrons. The van der Waals surface area contributed by atoms with E-state index in [-0.39, 0.29) is 5.78 Å². The highest BCUT2D eigenvalue weighted by Crippen LogP contribution is 2.33. The zero-order chi connectivity index (χ0) is 20.8. The molecule has 1 fully saturated rings. The smallest absolute Gasteiger partial charge is 0.185 e. The van der Waals surface area contributed by atoms with E-state index in [2.05, 4.69) is 0 Å². The van der Waals surface area contributed by atoms with Crippen LogP contribution in [0.5, 0.6) is 23.0 Å². The Morgan fingerprint density at radius 1 is 0.655 bits per heavy atom. The summed E-state index contributed by atoms with van der Waals surface area (Å²) in [4.78, 5) is 13.0. The van der Waals surface area contributed by atoms with Crippen LogP contribution in [-0.2, 0) is 4.79 Å². The Labute approximate surface area is 171 Å². The summed E-state index contributed by atoms with van der Waals surface area (Å²) in [7, 11) is 6.41. The first-order valence-corrected chi connectivity index (χ1v) is 9.49. The minimum absolute atomic E-state index is 0.0841. The number of methoxy groups -OCH3 is 4. The Balaban J connectivity index is 1.89. The lowest BCUT2D eigenvalue weighted by Gasteiger charge is -2.17. The predicted octanol–water partition coefficient (Wildman–Crippen LogP) is 4.94. The number of ketones is 1. The molecule has 29 heavy (non-hydrogen) atoms. The van der Waals surface area contributed by atoms with Gasteiger partial charge in [0.05, 0.1) is 28.4 Å². The van der Waals surface area contributed by atoms with Gasteiger partial charge in [-0.1, -0.05) is 12.1 Å². The van der Waals surface area contributed by atoms with Crippen molar-refractivity contribution >= 4 is 17.9 Å². The molecule has 1 aliphatic carbocycles. The van der Waals surface area contributed by atoms with Gasteiger partial charge in [-0.15, -0.1) is 0 Å². The van der Waals surface area contributed by atoms with Crippen molar-refractivity contribution in [1.82, 2.24) is 0 Å². The van der Waals surface area contributed by atoms with Crippen LogP contribution >= 0.6 is 0 Å². The molecule has 0 saturated heterocycles. The fourth-order valence-corrected chi connectivity index (χ4v) is 3.47. The number of carbonyl (C=O) groups excluding carboxylic acids is 1. The van der Waals surface area contributed by atoms with Crippen LogP contribution in [-0.4, -0.2) is 34.2 Å². The molecule has 0 atom stereocenters. The minimum Gasteiger partial charge on any atom is -0.493 e. The SMILES string of the molecule is COc1ccc(C=C2CCC/C(=C\c3ccc(OC)c(OC)c3)C2=O)cc1OC. The van der Waals surface area contributed by atoms with E-state index in [1.54, 1.807) is 28.4 Å². The van der Waals surface area contributed by atoms with E-state index in [1.165, 1.54) is 0 Å². The Morgan fingerprint density at radius 2 is 1.07 bits per heavy atom. The molecule has 0 bridgehead atoms. The summed E-state index contributed by atoms with van der Waals surface area (Å²) in [5.74, 6) is 2.70. The van der Waals surface area contributed by atoms with Crippen molar-refractivity contribution in [3.63, 3.8) is 0 Å². The van der Waals surface area contributed by atoms with E-state index >= 15 is 0 Å². The Morgan fingerprint density at radius 3 is 1.45 bits per heavy atom. The molecule has 0 amide bonds. The first-order chi connectivity index (χ1) is 14.1. The second-order valence-electron chi connectivity index (χ2n) is 6.75. The highest BCUT2D eigenvalue weighted by atomic mass is 16.5. The molecule has 5 nitrogen and oxygen atoms in total. The second kappa shape index (κ2) is 9.32. The molecule has 2 aromatic carbocycles. The highest BCUT2D eigenvalue weighted by Gasteiger charge is 2.21. The number of ether oxygens (including phenoxy) is 4. The van der Waals surface area contributed by atoms with E-state index < -0.39 is 0 Å². The standard InChI is InChI=1S/C24H26O5/c1-26-20-10-8-16(14-22(20)28-3)12-18-6-5-7-19(24(18)25)13-17-9-11-21(27-2)23(15-17)29-4/h8-15H,5-7H2,1-4H3/b18-12+,19-13?. The maximum atomic E-state index is 13.0. The number of rotatable bonds is 6. The zero-order valence-corrected chi connectivity index (χ0v) is 17.3. The number of hydrogen-bond acceptors (Lipinski definition) is 5. The molecule has 0 N–H and O–H groups in total. The van der Waals surface area contributed by atoms with Gasteiger partial charge < -0.3 is 18.9 Å². The predicted molar refractivity (Wildman–Crippen MR) is 114 cm³/mol. The van der Waals surface area contributed by atoms with Gasteiger partial charge in [0.1, 0.15) is 0 Å². The van der Waals surface area contributed by atoms with Gasteiger partial charge in [-0.25, -0.2) is 0 Å². The molecular formula is C24H26O5. The summed E-state index contributed by atoms with van der Waals surface area (Å²) in [5, 5.41) is 0. The maximum absolute atomic E-state index is 13.0. The summed E-state index contributed by atoms with van der Waals surface area (Å²) in [6.45, 7) is 0. The molecule has 5 heteroatoms. The Hall–Kier alpha value is -3.21. The molecule has 0 aromatic heterocycles. The molecule has 152 valence electrons. The number of benzene rings is 2. The van der Waals surface area contributed by atoms with Crippen molar-refractivity contribution in [2.75, 3.05) is 28.4 Å². The topological polar surface area (TPSA) is 54.0 Å². The normalized spacial score (nSPS) is 16.8. The molecule has 3 rings (SSSR count). The zero-order valence-electron chi connectivity index (χ0n) is 17.3. The lowest BCUT2D eigenvalue weighted by atomic mass is 9.87. The third kappa shape index (κ3) is 4.62. The quantitative estimate of drug-likeness (QED) is 0.650. The summed E-state index contributed by atoms with van der Waals surface area (Å²) in [5.41, 5.74) is 3.43. The van der Waals surface area contributed by atoms with Crippen molar-refractivity contribution in [3.05, 3.63) is 58.7 Å². The monoisotopic (exact) mass is 394 g/mol. The molecule has 0 heterocycles. The van der Waals surface area contributed by atoms with Crippen LogP contribution in [0.3, 0.4) is 0 Å². The highest BCUT2D eigenvalue weighted by molar-refractivity contribution is 6.14. The van der Waals surface area contributed by atoms with Crippen LogP contribution in [0.2, 0.25) is 0 Å². The molecule has 1 saturated carbocycles. The largest absolute Gasteiger partial charge is 0.493 e. The molecule has 2 aromatic rings. The maximum Gasteiger partial charge on any atom is 0.185 e. The third-order valence-corrected chi connectivity index (χ3v) is 4.97. The van der Waals surface area contributed by atoms with Crippen LogP contribution in [0, 0.1) is 0 Å². The lowest BCUT2D eigenvalue weighted by molar-refractivity contribution is -0.112. The van der Waals surface area contributed by atoms with E-state index in [9.17, 15) is 4.79 Å². The second-order valence-corrected chi connectivity index (χ2v) is 6.75. The fourth-order valence-electron chi connectivity index (χ4n) is 3.47. The van der Waals surface area contributed by atoms with Crippen molar-refractivity contribution in [2.45, 2.75) is 19.3 Å². The van der Waals surface area contributed by atoms with E-state index in [1.807, 2.05) is 48.6 Å². The number of hydrogen-bond donors (Lipinski definition) is 0. The van der Waals surface area contributed by atoms with Crippen molar-refractivity contribution in [2.24, 2.45) is 0 Å². The van der Waals surface area contributed by atoms with E-state index in [0.29, 0.717) is 23.0 Å². The third-order valence-electron chi connectivity index (χ3n) is 4.97. The van der Waals surface area contributed by atoms with Gasteiger partial charge in [0.25, 0.3) is 0 Å². The fraction of sp³-hybridized carbons (Fsp3) is 0.292. The van der Waals surface area contributed by atoms with Gasteiger partial charge in [0.2, 0.25) is 0 Å². The van der Waals surface area contributed by atoms with Crippen molar-refractivity contribution in [3.8, 4) is 23.0 Å². The first-order valence-electron chi connectivity index (χ1n) is 9.49. The molecule has 0 unspecified atom stereocenters. The van der Waals surface area contributed by atoms with Gasteiger partial charge in [-0.05, 0) is 66.8 Å². The van der Waals surface area contributed by atoms with Crippen molar-refractivity contribution in [1.29, 1.82) is 0 Å². The van der Waals surface area contributed by atoms with E-state index in [4.69, 9.17) is 18.9 Å². The van der Waals surface area contributed by atoms with Crippen molar-refractivity contribution < 1.29 is 23.7 Å². The summed E-state index contributed by atoms with van der Waals surface area (Å²) >= 11 is 0. The molecular weight excluding hydrogens is 368 g/mol. The van der Waals surface area contributed by atoms with Gasteiger partial charge in [0.15, 0.2) is 28.8 Å². The Kier molecular flexibility index (Phi) is 6.60. The summed E-state index contributed by atoms with van der Waals surface area (Å²) in [6, 6.07) is 11.3. The molecule has 0 spiro atoms. The number of carbonyl (C=O) groups is 1. The summed E-state index contributed by atoms with van der Waals surface area (Å²) in [6.07, 6.45) is 6.33. The van der Waals surface area contributed by atoms with E-state index in [0.717, 1.165) is 41.5 Å².